The summed E-state index contributed by atoms with van der Waals surface area (Å²) < 4.78 is 59.9. The van der Waals surface area contributed by atoms with Crippen LogP contribution >= 0.6 is 0 Å². The van der Waals surface area contributed by atoms with Gasteiger partial charge in [-0.15, -0.1) is 0 Å². The monoisotopic (exact) mass is 269 g/mol. The normalized spacial score (nSPS) is 13.0. The smallest absolute Gasteiger partial charge is 0.384 e. The molecule has 0 spiro atoms. The first-order chi connectivity index (χ1) is 7.63. The first kappa shape index (κ1) is 13.7. The first-order valence-electron chi connectivity index (χ1n) is 4.37. The molecule has 1 rings (SSSR count). The number of rotatable bonds is 3. The zero-order valence-electron chi connectivity index (χ0n) is 8.77. The number of aromatic nitrogens is 1. The number of nitrogens with zero attached hydrogens (tertiary/aromatic N) is 2. The molecule has 5 nitrogen and oxygen atoms in total. The highest BCUT2D eigenvalue weighted by Gasteiger charge is 2.34. The van der Waals surface area contributed by atoms with Crippen molar-refractivity contribution in [2.45, 2.75) is 11.1 Å². The fourth-order valence-corrected chi connectivity index (χ4v) is 2.28. The molecule has 0 amide bonds. The molecule has 0 unspecified atom stereocenters. The lowest BCUT2D eigenvalue weighted by Gasteiger charge is -2.18. The van der Waals surface area contributed by atoms with Crippen LogP contribution in [0.3, 0.4) is 0 Å². The van der Waals surface area contributed by atoms with Gasteiger partial charge in [-0.3, -0.25) is 0 Å². The van der Waals surface area contributed by atoms with E-state index >= 15 is 0 Å². The van der Waals surface area contributed by atoms with Gasteiger partial charge in [0.25, 0.3) is 0 Å². The summed E-state index contributed by atoms with van der Waals surface area (Å²) in [5.41, 5.74) is 5.27. The summed E-state index contributed by atoms with van der Waals surface area (Å²) in [6, 6.07) is 2.08. The molecule has 1 aromatic heterocycles. The Morgan fingerprint density at radius 3 is 2.53 bits per heavy atom. The molecule has 2 N–H and O–H groups in total. The Kier molecular flexibility index (Phi) is 3.62. The van der Waals surface area contributed by atoms with Gasteiger partial charge in [-0.05, 0) is 6.07 Å². The quantitative estimate of drug-likeness (QED) is 0.882. The predicted octanol–water partition coefficient (Wildman–Crippen LogP) is 0.847. The second kappa shape index (κ2) is 4.49. The minimum absolute atomic E-state index is 0.0773. The number of hydrogen-bond acceptors (Lipinski definition) is 4. The van der Waals surface area contributed by atoms with Gasteiger partial charge in [-0.2, -0.15) is 17.5 Å². The standard InChI is InChI=1S/C8H10F3N3O2S/c1-14(5-8(9,10)11)17(15,16)6-2-3-13-7(12)4-6/h2-4H,5H2,1H3,(H2,12,13). The molecule has 0 aliphatic heterocycles. The molecule has 0 saturated heterocycles. The van der Waals surface area contributed by atoms with E-state index in [1.54, 1.807) is 0 Å². The van der Waals surface area contributed by atoms with E-state index in [2.05, 4.69) is 4.98 Å². The summed E-state index contributed by atoms with van der Waals surface area (Å²) >= 11 is 0. The van der Waals surface area contributed by atoms with Crippen LogP contribution in [0.2, 0.25) is 0 Å². The molecule has 0 bridgehead atoms. The second-order valence-corrected chi connectivity index (χ2v) is 5.34. The number of halogens is 3. The maximum Gasteiger partial charge on any atom is 0.402 e. The number of pyridine rings is 1. The van der Waals surface area contributed by atoms with E-state index in [-0.39, 0.29) is 15.0 Å². The molecular formula is C8H10F3N3O2S. The van der Waals surface area contributed by atoms with Gasteiger partial charge in [0.1, 0.15) is 12.4 Å². The van der Waals surface area contributed by atoms with Crippen molar-refractivity contribution in [3.63, 3.8) is 0 Å². The molecule has 0 aliphatic carbocycles. The maximum atomic E-state index is 12.1. The molecule has 0 aliphatic rings. The third-order valence-electron chi connectivity index (χ3n) is 1.86. The highest BCUT2D eigenvalue weighted by Crippen LogP contribution is 2.21. The van der Waals surface area contributed by atoms with Gasteiger partial charge in [-0.1, -0.05) is 0 Å². The molecule has 96 valence electrons. The van der Waals surface area contributed by atoms with Crippen LogP contribution in [0.1, 0.15) is 0 Å². The van der Waals surface area contributed by atoms with Crippen LogP contribution in [0.25, 0.3) is 0 Å². The van der Waals surface area contributed by atoms with Gasteiger partial charge in [0.15, 0.2) is 0 Å². The number of sulfonamides is 1. The van der Waals surface area contributed by atoms with E-state index in [1.165, 1.54) is 0 Å². The van der Waals surface area contributed by atoms with Crippen molar-refractivity contribution in [2.24, 2.45) is 0 Å². The van der Waals surface area contributed by atoms with Crippen LogP contribution in [0, 0.1) is 0 Å². The lowest BCUT2D eigenvalue weighted by Crippen LogP contribution is -2.35. The molecular weight excluding hydrogens is 259 g/mol. The van der Waals surface area contributed by atoms with E-state index in [1.807, 2.05) is 0 Å². The van der Waals surface area contributed by atoms with Crippen LogP contribution in [-0.4, -0.2) is 37.5 Å². The lowest BCUT2D eigenvalue weighted by atomic mass is 10.5. The number of hydrogen-bond donors (Lipinski definition) is 1. The SMILES string of the molecule is CN(CC(F)(F)F)S(=O)(=O)c1ccnc(N)c1. The number of nitrogen functional groups attached to an aromatic ring is 1. The summed E-state index contributed by atoms with van der Waals surface area (Å²) in [6.07, 6.45) is -3.48. The average molecular weight is 269 g/mol. The summed E-state index contributed by atoms with van der Waals surface area (Å²) in [6.45, 7) is -1.56. The van der Waals surface area contributed by atoms with Gasteiger partial charge in [-0.25, -0.2) is 13.4 Å². The molecule has 17 heavy (non-hydrogen) atoms. The summed E-state index contributed by atoms with van der Waals surface area (Å²) in [5.74, 6) is -0.0773. The zero-order chi connectivity index (χ0) is 13.3. The molecule has 0 fully saturated rings. The summed E-state index contributed by atoms with van der Waals surface area (Å²) in [5, 5.41) is 0. The Bertz CT molecular complexity index is 501. The van der Waals surface area contributed by atoms with Crippen LogP contribution in [0.15, 0.2) is 23.2 Å². The zero-order valence-corrected chi connectivity index (χ0v) is 9.59. The maximum absolute atomic E-state index is 12.1. The first-order valence-corrected chi connectivity index (χ1v) is 5.81. The van der Waals surface area contributed by atoms with Crippen molar-refractivity contribution < 1.29 is 21.6 Å². The van der Waals surface area contributed by atoms with E-state index in [9.17, 15) is 21.6 Å². The Balaban J connectivity index is 3.04. The third-order valence-corrected chi connectivity index (χ3v) is 3.66. The van der Waals surface area contributed by atoms with E-state index < -0.39 is 22.7 Å². The molecule has 0 saturated carbocycles. The highest BCUT2D eigenvalue weighted by molar-refractivity contribution is 7.89. The molecule has 1 aromatic rings. The van der Waals surface area contributed by atoms with Gasteiger partial charge < -0.3 is 5.73 Å². The highest BCUT2D eigenvalue weighted by atomic mass is 32.2. The van der Waals surface area contributed by atoms with Gasteiger partial charge in [0.05, 0.1) is 4.90 Å². The van der Waals surface area contributed by atoms with E-state index in [0.717, 1.165) is 25.4 Å². The second-order valence-electron chi connectivity index (χ2n) is 3.29. The Morgan fingerprint density at radius 2 is 2.06 bits per heavy atom. The minimum Gasteiger partial charge on any atom is -0.384 e. The average Bonchev–Trinajstić information content (AvgIpc) is 2.15. The Labute approximate surface area is 96.1 Å². The molecule has 1 heterocycles. The number of nitrogens with two attached hydrogens (primary N) is 1. The lowest BCUT2D eigenvalue weighted by molar-refractivity contribution is -0.134. The van der Waals surface area contributed by atoms with Gasteiger partial charge in [0, 0.05) is 19.3 Å². The number of anilines is 1. The fraction of sp³-hybridized carbons (Fsp3) is 0.375. The van der Waals surface area contributed by atoms with E-state index in [4.69, 9.17) is 5.73 Å². The van der Waals surface area contributed by atoms with Gasteiger partial charge in [0.2, 0.25) is 10.0 Å². The van der Waals surface area contributed by atoms with Crippen molar-refractivity contribution in [3.05, 3.63) is 18.3 Å². The Morgan fingerprint density at radius 1 is 1.47 bits per heavy atom. The largest absolute Gasteiger partial charge is 0.402 e. The third kappa shape index (κ3) is 3.56. The van der Waals surface area contributed by atoms with Crippen LogP contribution < -0.4 is 5.73 Å². The molecule has 0 atom stereocenters. The van der Waals surface area contributed by atoms with Crippen molar-refractivity contribution in [2.75, 3.05) is 19.3 Å². The fourth-order valence-electron chi connectivity index (χ4n) is 1.11. The van der Waals surface area contributed by atoms with Crippen LogP contribution in [0.4, 0.5) is 19.0 Å². The predicted molar refractivity (Wildman–Crippen MR) is 54.5 cm³/mol. The molecule has 0 radical (unpaired) electrons. The van der Waals surface area contributed by atoms with Crippen molar-refractivity contribution in [1.82, 2.24) is 9.29 Å². The van der Waals surface area contributed by atoms with E-state index in [0.29, 0.717) is 0 Å². The van der Waals surface area contributed by atoms with Crippen LogP contribution in [0.5, 0.6) is 0 Å². The van der Waals surface area contributed by atoms with Crippen molar-refractivity contribution >= 4 is 15.8 Å². The molecule has 9 heteroatoms. The molecule has 0 aromatic carbocycles. The van der Waals surface area contributed by atoms with Crippen molar-refractivity contribution in [3.8, 4) is 0 Å². The van der Waals surface area contributed by atoms with Crippen molar-refractivity contribution in [1.29, 1.82) is 0 Å². The summed E-state index contributed by atoms with van der Waals surface area (Å²) in [7, 11) is -3.35. The van der Waals surface area contributed by atoms with Gasteiger partial charge >= 0.3 is 6.18 Å². The number of alkyl halides is 3. The summed E-state index contributed by atoms with van der Waals surface area (Å²) in [4.78, 5) is 3.24. The topological polar surface area (TPSA) is 76.3 Å². The minimum atomic E-state index is -4.60. The van der Waals surface area contributed by atoms with Crippen LogP contribution in [-0.2, 0) is 10.0 Å². The Hall–Kier alpha value is -1.35.